The third-order valence-electron chi connectivity index (χ3n) is 4.90. The zero-order valence-electron chi connectivity index (χ0n) is 17.2. The Morgan fingerprint density at radius 1 is 0.967 bits per heavy atom. The molecule has 0 heterocycles. The van der Waals surface area contributed by atoms with Crippen molar-refractivity contribution in [2.45, 2.75) is 17.4 Å². The highest BCUT2D eigenvalue weighted by molar-refractivity contribution is 7.98. The number of nitrogens with one attached hydrogen (secondary N) is 1. The number of benzene rings is 3. The summed E-state index contributed by atoms with van der Waals surface area (Å²) in [4.78, 5) is 16.2. The Morgan fingerprint density at radius 2 is 1.60 bits per heavy atom. The van der Waals surface area contributed by atoms with Crippen LogP contribution in [0.4, 0.5) is 5.69 Å². The molecule has 0 aliphatic rings. The molecule has 3 aromatic carbocycles. The van der Waals surface area contributed by atoms with Crippen LogP contribution < -0.4 is 5.32 Å². The van der Waals surface area contributed by atoms with Gasteiger partial charge in [0.2, 0.25) is 5.91 Å². The second kappa shape index (κ2) is 11.6. The Hall–Kier alpha value is -2.60. The summed E-state index contributed by atoms with van der Waals surface area (Å²) in [6, 6.07) is 28.2. The van der Waals surface area contributed by atoms with Gasteiger partial charge < -0.3 is 10.4 Å². The standard InChI is InChI=1S/C25H28N2O2S/c1-30-23-15-8-14-22(18-23)26-24(29)19-27(16-9-17-28)25(20-10-4-2-5-11-20)21-12-6-3-7-13-21/h2-8,10-15,18,25,28H,9,16-17,19H2,1H3,(H,26,29). The summed E-state index contributed by atoms with van der Waals surface area (Å²) in [6.07, 6.45) is 2.62. The van der Waals surface area contributed by atoms with E-state index in [0.717, 1.165) is 21.7 Å². The van der Waals surface area contributed by atoms with Crippen LogP contribution in [-0.4, -0.2) is 41.9 Å². The van der Waals surface area contributed by atoms with E-state index in [9.17, 15) is 9.90 Å². The van der Waals surface area contributed by atoms with Gasteiger partial charge in [-0.3, -0.25) is 9.69 Å². The first-order chi connectivity index (χ1) is 14.7. The van der Waals surface area contributed by atoms with Crippen molar-refractivity contribution in [2.24, 2.45) is 0 Å². The Labute approximate surface area is 182 Å². The predicted octanol–water partition coefficient (Wildman–Crippen LogP) is 4.82. The first kappa shape index (κ1) is 22.1. The average molecular weight is 421 g/mol. The van der Waals surface area contributed by atoms with Gasteiger partial charge in [0.05, 0.1) is 12.6 Å². The van der Waals surface area contributed by atoms with Gasteiger partial charge in [0.25, 0.3) is 0 Å². The highest BCUT2D eigenvalue weighted by atomic mass is 32.2. The molecule has 5 heteroatoms. The molecule has 0 aliphatic carbocycles. The number of hydrogen-bond acceptors (Lipinski definition) is 4. The predicted molar refractivity (Wildman–Crippen MR) is 125 cm³/mol. The molecule has 0 saturated carbocycles. The molecule has 0 aromatic heterocycles. The summed E-state index contributed by atoms with van der Waals surface area (Å²) in [5, 5.41) is 12.5. The van der Waals surface area contributed by atoms with E-state index < -0.39 is 0 Å². The average Bonchev–Trinajstić information content (AvgIpc) is 2.79. The number of amides is 1. The van der Waals surface area contributed by atoms with Crippen LogP contribution in [-0.2, 0) is 4.79 Å². The van der Waals surface area contributed by atoms with E-state index in [1.807, 2.05) is 66.9 Å². The maximum atomic E-state index is 12.9. The summed E-state index contributed by atoms with van der Waals surface area (Å²) in [7, 11) is 0. The van der Waals surface area contributed by atoms with E-state index in [4.69, 9.17) is 0 Å². The fourth-order valence-corrected chi connectivity index (χ4v) is 4.00. The maximum absolute atomic E-state index is 12.9. The van der Waals surface area contributed by atoms with Gasteiger partial charge in [-0.2, -0.15) is 0 Å². The number of hydrogen-bond donors (Lipinski definition) is 2. The second-order valence-corrected chi connectivity index (χ2v) is 7.93. The van der Waals surface area contributed by atoms with Crippen molar-refractivity contribution in [1.29, 1.82) is 0 Å². The number of carbonyl (C=O) groups excluding carboxylic acids is 1. The number of carbonyl (C=O) groups is 1. The van der Waals surface area contributed by atoms with Crippen molar-refractivity contribution in [3.63, 3.8) is 0 Å². The maximum Gasteiger partial charge on any atom is 0.238 e. The summed E-state index contributed by atoms with van der Waals surface area (Å²) >= 11 is 1.65. The quantitative estimate of drug-likeness (QED) is 0.462. The molecule has 3 aromatic rings. The van der Waals surface area contributed by atoms with Crippen LogP contribution in [0.25, 0.3) is 0 Å². The minimum absolute atomic E-state index is 0.0666. The van der Waals surface area contributed by atoms with Gasteiger partial charge in [-0.25, -0.2) is 0 Å². The van der Waals surface area contributed by atoms with E-state index in [1.165, 1.54) is 0 Å². The van der Waals surface area contributed by atoms with Crippen LogP contribution in [0.5, 0.6) is 0 Å². The molecule has 156 valence electrons. The molecule has 3 rings (SSSR count). The summed E-state index contributed by atoms with van der Waals surface area (Å²) in [5.41, 5.74) is 3.04. The molecule has 2 N–H and O–H groups in total. The minimum Gasteiger partial charge on any atom is -0.396 e. The van der Waals surface area contributed by atoms with Gasteiger partial charge in [0.15, 0.2) is 0 Å². The van der Waals surface area contributed by atoms with Gasteiger partial charge in [-0.05, 0) is 42.0 Å². The highest BCUT2D eigenvalue weighted by Gasteiger charge is 2.24. The molecule has 30 heavy (non-hydrogen) atoms. The number of aliphatic hydroxyl groups is 1. The van der Waals surface area contributed by atoms with E-state index in [0.29, 0.717) is 13.0 Å². The summed E-state index contributed by atoms with van der Waals surface area (Å²) in [6.45, 7) is 0.936. The monoisotopic (exact) mass is 420 g/mol. The lowest BCUT2D eigenvalue weighted by molar-refractivity contribution is -0.117. The summed E-state index contributed by atoms with van der Waals surface area (Å²) < 4.78 is 0. The third kappa shape index (κ3) is 6.20. The molecular weight excluding hydrogens is 392 g/mol. The number of rotatable bonds is 10. The first-order valence-corrected chi connectivity index (χ1v) is 11.3. The van der Waals surface area contributed by atoms with Crippen LogP contribution in [0.15, 0.2) is 89.8 Å². The van der Waals surface area contributed by atoms with Crippen molar-refractivity contribution in [1.82, 2.24) is 4.90 Å². The van der Waals surface area contributed by atoms with Crippen molar-refractivity contribution in [2.75, 3.05) is 31.3 Å². The van der Waals surface area contributed by atoms with Crippen LogP contribution in [0.2, 0.25) is 0 Å². The van der Waals surface area contributed by atoms with Crippen LogP contribution >= 0.6 is 11.8 Å². The van der Waals surface area contributed by atoms with Crippen LogP contribution in [0.3, 0.4) is 0 Å². The van der Waals surface area contributed by atoms with E-state index in [-0.39, 0.29) is 25.1 Å². The van der Waals surface area contributed by atoms with Gasteiger partial charge in [0, 0.05) is 23.7 Å². The zero-order chi connectivity index (χ0) is 21.2. The van der Waals surface area contributed by atoms with Gasteiger partial charge >= 0.3 is 0 Å². The highest BCUT2D eigenvalue weighted by Crippen LogP contribution is 2.29. The lowest BCUT2D eigenvalue weighted by Crippen LogP contribution is -2.37. The minimum atomic E-state index is -0.0674. The Kier molecular flexibility index (Phi) is 8.51. The van der Waals surface area contributed by atoms with Crippen molar-refractivity contribution in [3.05, 3.63) is 96.1 Å². The molecule has 0 radical (unpaired) electrons. The van der Waals surface area contributed by atoms with E-state index in [2.05, 4.69) is 34.5 Å². The molecule has 0 unspecified atom stereocenters. The van der Waals surface area contributed by atoms with Crippen molar-refractivity contribution < 1.29 is 9.90 Å². The smallest absolute Gasteiger partial charge is 0.238 e. The Bertz CT molecular complexity index is 879. The Morgan fingerprint density at radius 3 is 2.17 bits per heavy atom. The van der Waals surface area contributed by atoms with Crippen molar-refractivity contribution >= 4 is 23.4 Å². The molecule has 1 amide bonds. The topological polar surface area (TPSA) is 52.6 Å². The first-order valence-electron chi connectivity index (χ1n) is 10.1. The molecule has 0 fully saturated rings. The fourth-order valence-electron chi connectivity index (χ4n) is 3.54. The van der Waals surface area contributed by atoms with Crippen molar-refractivity contribution in [3.8, 4) is 0 Å². The fraction of sp³-hybridized carbons (Fsp3) is 0.240. The van der Waals surface area contributed by atoms with Gasteiger partial charge in [0.1, 0.15) is 0 Å². The molecule has 0 bridgehead atoms. The van der Waals surface area contributed by atoms with E-state index >= 15 is 0 Å². The molecule has 0 aliphatic heterocycles. The molecule has 0 atom stereocenters. The lowest BCUT2D eigenvalue weighted by Gasteiger charge is -2.32. The van der Waals surface area contributed by atoms with E-state index in [1.54, 1.807) is 11.8 Å². The molecule has 4 nitrogen and oxygen atoms in total. The summed E-state index contributed by atoms with van der Waals surface area (Å²) in [5.74, 6) is -0.0666. The van der Waals surface area contributed by atoms with Gasteiger partial charge in [-0.15, -0.1) is 11.8 Å². The molecule has 0 saturated heterocycles. The number of aliphatic hydroxyl groups excluding tert-OH is 1. The third-order valence-corrected chi connectivity index (χ3v) is 5.62. The second-order valence-electron chi connectivity index (χ2n) is 7.05. The van der Waals surface area contributed by atoms with Crippen LogP contribution in [0.1, 0.15) is 23.6 Å². The largest absolute Gasteiger partial charge is 0.396 e. The number of thioether (sulfide) groups is 1. The SMILES string of the molecule is CSc1cccc(NC(=O)CN(CCCO)C(c2ccccc2)c2ccccc2)c1. The van der Waals surface area contributed by atoms with Gasteiger partial charge in [-0.1, -0.05) is 66.7 Å². The molecular formula is C25H28N2O2S. The normalized spacial score (nSPS) is 11.1. The molecule has 0 spiro atoms. The number of anilines is 1. The number of nitrogens with zero attached hydrogens (tertiary/aromatic N) is 1. The lowest BCUT2D eigenvalue weighted by atomic mass is 9.96. The Balaban J connectivity index is 1.85. The van der Waals surface area contributed by atoms with Crippen LogP contribution in [0, 0.1) is 0 Å². The zero-order valence-corrected chi connectivity index (χ0v) is 18.0.